The summed E-state index contributed by atoms with van der Waals surface area (Å²) >= 11 is 0. The van der Waals surface area contributed by atoms with Gasteiger partial charge in [0, 0.05) is 32.2 Å². The summed E-state index contributed by atoms with van der Waals surface area (Å²) in [6.07, 6.45) is 6.52. The van der Waals surface area contributed by atoms with Crippen LogP contribution in [0.3, 0.4) is 0 Å². The molecule has 1 atom stereocenters. The minimum atomic E-state index is -0.986. The number of likely N-dealkylation sites (tertiary alicyclic amines) is 1. The molecule has 3 aliphatic rings. The maximum Gasteiger partial charge on any atom is 0.411 e. The first kappa shape index (κ1) is 21.9. The highest BCUT2D eigenvalue weighted by atomic mass is 16.4. The molecule has 4 rings (SSSR count). The summed E-state index contributed by atoms with van der Waals surface area (Å²) < 4.78 is 0. The van der Waals surface area contributed by atoms with E-state index in [1.165, 1.54) is 4.90 Å². The molecule has 3 fully saturated rings. The lowest BCUT2D eigenvalue weighted by molar-refractivity contribution is -0.139. The lowest BCUT2D eigenvalue weighted by atomic mass is 9.78. The van der Waals surface area contributed by atoms with Gasteiger partial charge in [-0.25, -0.2) is 9.78 Å². The fourth-order valence-electron chi connectivity index (χ4n) is 5.72. The fraction of sp³-hybridized carbons (Fsp3) is 0.696. The number of hydrogen-bond acceptors (Lipinski definition) is 5. The lowest BCUT2D eigenvalue weighted by Crippen LogP contribution is -2.50. The van der Waals surface area contributed by atoms with Crippen molar-refractivity contribution < 1.29 is 19.8 Å². The third kappa shape index (κ3) is 4.10. The Morgan fingerprint density at radius 3 is 2.65 bits per heavy atom. The number of rotatable bonds is 4. The Hall–Kier alpha value is -2.35. The second kappa shape index (κ2) is 8.65. The number of carbonyl (C=O) groups is 2. The predicted octanol–water partition coefficient (Wildman–Crippen LogP) is 3.02. The molecule has 31 heavy (non-hydrogen) atoms. The molecule has 2 aliphatic heterocycles. The number of aliphatic hydroxyl groups excluding tert-OH is 1. The number of nitrogens with zero attached hydrogens (tertiary/aromatic N) is 4. The van der Waals surface area contributed by atoms with Crippen LogP contribution in [0.5, 0.6) is 0 Å². The fourth-order valence-corrected chi connectivity index (χ4v) is 5.72. The Bertz CT molecular complexity index is 839. The minimum absolute atomic E-state index is 0.213. The van der Waals surface area contributed by atoms with Gasteiger partial charge in [0.1, 0.15) is 5.82 Å². The van der Waals surface area contributed by atoms with Gasteiger partial charge in [0.15, 0.2) is 0 Å². The van der Waals surface area contributed by atoms with E-state index in [4.69, 9.17) is 0 Å². The zero-order chi connectivity index (χ0) is 22.2. The van der Waals surface area contributed by atoms with Crippen molar-refractivity contribution in [3.8, 4) is 0 Å². The SMILES string of the molecule is CCN(C(=O)O)c1cnc(N2CCC[C@]3(CCN([C@H]4CC[C@H](O)CC4)C3=O)C2)c(C)c1. The van der Waals surface area contributed by atoms with Gasteiger partial charge in [0.2, 0.25) is 5.91 Å². The van der Waals surface area contributed by atoms with E-state index in [-0.39, 0.29) is 23.5 Å². The van der Waals surface area contributed by atoms with Crippen LogP contribution in [0, 0.1) is 12.3 Å². The van der Waals surface area contributed by atoms with E-state index >= 15 is 0 Å². The summed E-state index contributed by atoms with van der Waals surface area (Å²) in [6.45, 7) is 6.46. The van der Waals surface area contributed by atoms with Crippen LogP contribution >= 0.6 is 0 Å². The Balaban J connectivity index is 1.50. The molecule has 0 bridgehead atoms. The van der Waals surface area contributed by atoms with Gasteiger partial charge in [-0.1, -0.05) is 0 Å². The van der Waals surface area contributed by atoms with Gasteiger partial charge in [-0.15, -0.1) is 0 Å². The van der Waals surface area contributed by atoms with Gasteiger partial charge in [-0.2, -0.15) is 0 Å². The number of piperidine rings is 1. The molecule has 3 heterocycles. The van der Waals surface area contributed by atoms with Crippen LogP contribution in [0.1, 0.15) is 57.4 Å². The number of anilines is 2. The Morgan fingerprint density at radius 1 is 1.26 bits per heavy atom. The molecule has 0 unspecified atom stereocenters. The van der Waals surface area contributed by atoms with Crippen molar-refractivity contribution in [2.45, 2.75) is 70.9 Å². The van der Waals surface area contributed by atoms with E-state index in [2.05, 4.69) is 14.8 Å². The van der Waals surface area contributed by atoms with Crippen molar-refractivity contribution in [3.05, 3.63) is 17.8 Å². The first-order chi connectivity index (χ1) is 14.8. The highest BCUT2D eigenvalue weighted by Gasteiger charge is 2.50. The summed E-state index contributed by atoms with van der Waals surface area (Å²) in [5.74, 6) is 1.12. The van der Waals surface area contributed by atoms with Crippen molar-refractivity contribution >= 4 is 23.5 Å². The average molecular weight is 431 g/mol. The van der Waals surface area contributed by atoms with Crippen LogP contribution in [0.15, 0.2) is 12.3 Å². The van der Waals surface area contributed by atoms with E-state index in [1.807, 2.05) is 13.0 Å². The van der Waals surface area contributed by atoms with E-state index in [1.54, 1.807) is 13.1 Å². The Labute approximate surface area is 183 Å². The van der Waals surface area contributed by atoms with Gasteiger partial charge in [0.05, 0.1) is 23.4 Å². The van der Waals surface area contributed by atoms with Crippen molar-refractivity contribution in [1.29, 1.82) is 0 Å². The number of carboxylic acid groups (broad SMARTS) is 1. The van der Waals surface area contributed by atoms with Gasteiger partial charge in [-0.05, 0) is 70.4 Å². The number of aromatic nitrogens is 1. The van der Waals surface area contributed by atoms with Gasteiger partial charge in [-0.3, -0.25) is 9.69 Å². The second-order valence-electron chi connectivity index (χ2n) is 9.38. The quantitative estimate of drug-likeness (QED) is 0.762. The first-order valence-corrected chi connectivity index (χ1v) is 11.6. The van der Waals surface area contributed by atoms with Crippen molar-refractivity contribution in [3.63, 3.8) is 0 Å². The predicted molar refractivity (Wildman–Crippen MR) is 118 cm³/mol. The molecule has 1 aromatic rings. The summed E-state index contributed by atoms with van der Waals surface area (Å²) in [5, 5.41) is 19.2. The molecule has 1 aliphatic carbocycles. The van der Waals surface area contributed by atoms with Crippen LogP contribution in [-0.2, 0) is 4.79 Å². The average Bonchev–Trinajstić information content (AvgIpc) is 3.04. The summed E-state index contributed by atoms with van der Waals surface area (Å²) in [6, 6.07) is 2.14. The molecule has 8 nitrogen and oxygen atoms in total. The highest BCUT2D eigenvalue weighted by molar-refractivity contribution is 5.87. The summed E-state index contributed by atoms with van der Waals surface area (Å²) in [5.41, 5.74) is 1.15. The molecule has 2 saturated heterocycles. The van der Waals surface area contributed by atoms with E-state index in [0.717, 1.165) is 69.4 Å². The summed E-state index contributed by atoms with van der Waals surface area (Å²) in [7, 11) is 0. The highest BCUT2D eigenvalue weighted by Crippen LogP contribution is 2.43. The van der Waals surface area contributed by atoms with Crippen LogP contribution in [0.4, 0.5) is 16.3 Å². The zero-order valence-corrected chi connectivity index (χ0v) is 18.6. The van der Waals surface area contributed by atoms with Crippen molar-refractivity contribution in [1.82, 2.24) is 9.88 Å². The molecule has 1 aromatic heterocycles. The van der Waals surface area contributed by atoms with Crippen LogP contribution in [0.25, 0.3) is 0 Å². The molecule has 0 radical (unpaired) electrons. The van der Waals surface area contributed by atoms with Crippen molar-refractivity contribution in [2.75, 3.05) is 36.0 Å². The standard InChI is InChI=1S/C23H34N4O4/c1-3-26(22(30)31)18-13-16(2)20(24-14-18)25-11-4-9-23(15-25)10-12-27(21(23)29)17-5-7-19(28)8-6-17/h13-14,17,19,28H,3-12,15H2,1-2H3,(H,30,31)/t17-,19-,23-/m0/s1. The molecule has 170 valence electrons. The topological polar surface area (TPSA) is 97.2 Å². The third-order valence-corrected chi connectivity index (χ3v) is 7.42. The largest absolute Gasteiger partial charge is 0.465 e. The number of carbonyl (C=O) groups excluding carboxylic acids is 1. The lowest BCUT2D eigenvalue weighted by Gasteiger charge is -2.41. The number of aryl methyl sites for hydroxylation is 1. The molecule has 1 saturated carbocycles. The normalized spacial score (nSPS) is 28.9. The second-order valence-corrected chi connectivity index (χ2v) is 9.38. The maximum atomic E-state index is 13.5. The van der Waals surface area contributed by atoms with Crippen LogP contribution < -0.4 is 9.80 Å². The van der Waals surface area contributed by atoms with E-state index < -0.39 is 6.09 Å². The van der Waals surface area contributed by atoms with Gasteiger partial charge >= 0.3 is 6.09 Å². The molecule has 1 spiro atoms. The molecule has 8 heteroatoms. The first-order valence-electron chi connectivity index (χ1n) is 11.6. The number of aliphatic hydroxyl groups is 1. The molecule has 2 amide bonds. The van der Waals surface area contributed by atoms with Gasteiger partial charge < -0.3 is 20.0 Å². The van der Waals surface area contributed by atoms with Crippen molar-refractivity contribution in [2.24, 2.45) is 5.41 Å². The third-order valence-electron chi connectivity index (χ3n) is 7.42. The van der Waals surface area contributed by atoms with Crippen LogP contribution in [0.2, 0.25) is 0 Å². The number of pyridine rings is 1. The Morgan fingerprint density at radius 2 is 2.00 bits per heavy atom. The summed E-state index contributed by atoms with van der Waals surface area (Å²) in [4.78, 5) is 35.2. The van der Waals surface area contributed by atoms with E-state index in [9.17, 15) is 19.8 Å². The molecular formula is C23H34N4O4. The van der Waals surface area contributed by atoms with Crippen LogP contribution in [-0.4, -0.2) is 70.4 Å². The number of amides is 2. The van der Waals surface area contributed by atoms with Gasteiger partial charge in [0.25, 0.3) is 0 Å². The molecule has 0 aromatic carbocycles. The van der Waals surface area contributed by atoms with E-state index in [0.29, 0.717) is 18.8 Å². The Kier molecular flexibility index (Phi) is 6.10. The smallest absolute Gasteiger partial charge is 0.411 e. The minimum Gasteiger partial charge on any atom is -0.465 e. The molecular weight excluding hydrogens is 396 g/mol. The number of hydrogen-bond donors (Lipinski definition) is 2. The zero-order valence-electron chi connectivity index (χ0n) is 18.6. The molecule has 2 N–H and O–H groups in total. The maximum absolute atomic E-state index is 13.5. The monoisotopic (exact) mass is 430 g/mol.